The highest BCUT2D eigenvalue weighted by atomic mass is 35.5. The van der Waals surface area contributed by atoms with Crippen LogP contribution in [0.25, 0.3) is 0 Å². The van der Waals surface area contributed by atoms with Gasteiger partial charge in [0.15, 0.2) is 5.78 Å². The Morgan fingerprint density at radius 1 is 0.963 bits per heavy atom. The molecule has 2 aliphatic rings. The Balaban J connectivity index is 1.93. The first kappa shape index (κ1) is 17.9. The number of hydrogen-bond acceptors (Lipinski definition) is 2. The average Bonchev–Trinajstić information content (AvgIpc) is 2.63. The van der Waals surface area contributed by atoms with E-state index in [4.69, 9.17) is 11.6 Å². The first-order chi connectivity index (χ1) is 13.0. The van der Waals surface area contributed by atoms with Crippen LogP contribution in [0.2, 0.25) is 5.02 Å². The maximum absolute atomic E-state index is 14.5. The Morgan fingerprint density at radius 2 is 1.70 bits per heavy atom. The van der Waals surface area contributed by atoms with Crippen LogP contribution in [0.1, 0.15) is 37.2 Å². The lowest BCUT2D eigenvalue weighted by molar-refractivity contribution is -0.120. The van der Waals surface area contributed by atoms with Gasteiger partial charge < -0.3 is 0 Å². The standard InChI is InChI=1S/C21H16ClF2NO2/c22-13-5-3-7-15(24)20(13)12-11-19(27)25(16-8-2-1-6-14(16)23)17-9-4-10-18(26)21(12)17/h1-3,5-8,12H,4,9-11H2. The van der Waals surface area contributed by atoms with Crippen LogP contribution in [-0.2, 0) is 9.59 Å². The van der Waals surface area contributed by atoms with Crippen LogP contribution in [0.5, 0.6) is 0 Å². The molecule has 2 aromatic rings. The zero-order valence-corrected chi connectivity index (χ0v) is 15.1. The molecule has 6 heteroatoms. The molecule has 0 saturated carbocycles. The van der Waals surface area contributed by atoms with Crippen molar-refractivity contribution in [3.63, 3.8) is 0 Å². The summed E-state index contributed by atoms with van der Waals surface area (Å²) in [7, 11) is 0. The van der Waals surface area contributed by atoms with E-state index in [0.717, 1.165) is 0 Å². The number of rotatable bonds is 2. The summed E-state index contributed by atoms with van der Waals surface area (Å²) in [4.78, 5) is 27.0. The highest BCUT2D eigenvalue weighted by molar-refractivity contribution is 6.31. The van der Waals surface area contributed by atoms with Crippen LogP contribution in [0, 0.1) is 11.6 Å². The number of nitrogens with zero attached hydrogens (tertiary/aromatic N) is 1. The van der Waals surface area contributed by atoms with Crippen molar-refractivity contribution in [2.45, 2.75) is 31.6 Å². The molecule has 0 aromatic heterocycles. The number of Topliss-reactive ketones (excluding diaryl/α,β-unsaturated/α-hetero) is 1. The third kappa shape index (κ3) is 2.96. The molecule has 0 radical (unpaired) electrons. The van der Waals surface area contributed by atoms with Crippen LogP contribution < -0.4 is 4.90 Å². The zero-order valence-electron chi connectivity index (χ0n) is 14.3. The Labute approximate surface area is 160 Å². The monoisotopic (exact) mass is 387 g/mol. The quantitative estimate of drug-likeness (QED) is 0.715. The lowest BCUT2D eigenvalue weighted by atomic mass is 9.77. The third-order valence-corrected chi connectivity index (χ3v) is 5.45. The predicted octanol–water partition coefficient (Wildman–Crippen LogP) is 5.15. The van der Waals surface area contributed by atoms with Crippen LogP contribution in [0.4, 0.5) is 14.5 Å². The molecule has 2 aromatic carbocycles. The number of ketones is 1. The number of carbonyl (C=O) groups excluding carboxylic acids is 2. The summed E-state index contributed by atoms with van der Waals surface area (Å²) in [5.74, 6) is -2.37. The van der Waals surface area contributed by atoms with Crippen LogP contribution in [-0.4, -0.2) is 11.7 Å². The molecular formula is C21H16ClF2NO2. The Morgan fingerprint density at radius 3 is 2.44 bits per heavy atom. The van der Waals surface area contributed by atoms with Gasteiger partial charge in [-0.1, -0.05) is 29.8 Å². The summed E-state index contributed by atoms with van der Waals surface area (Å²) in [5.41, 5.74) is 1.10. The summed E-state index contributed by atoms with van der Waals surface area (Å²) >= 11 is 6.21. The minimum absolute atomic E-state index is 0.114. The van der Waals surface area contributed by atoms with E-state index in [9.17, 15) is 18.4 Å². The molecule has 1 atom stereocenters. The Hall–Kier alpha value is -2.53. The van der Waals surface area contributed by atoms with Gasteiger partial charge >= 0.3 is 0 Å². The molecule has 1 heterocycles. The second kappa shape index (κ2) is 6.89. The summed E-state index contributed by atoms with van der Waals surface area (Å²) in [5, 5.41) is 0.178. The molecule has 1 aliphatic heterocycles. The van der Waals surface area contributed by atoms with E-state index in [1.807, 2.05) is 0 Å². The van der Waals surface area contributed by atoms with Gasteiger partial charge in [-0.15, -0.1) is 0 Å². The van der Waals surface area contributed by atoms with Crippen molar-refractivity contribution in [2.24, 2.45) is 0 Å². The van der Waals surface area contributed by atoms with Crippen molar-refractivity contribution >= 4 is 29.0 Å². The zero-order chi connectivity index (χ0) is 19.1. The maximum atomic E-state index is 14.5. The van der Waals surface area contributed by atoms with Gasteiger partial charge in [0.25, 0.3) is 0 Å². The van der Waals surface area contributed by atoms with E-state index in [2.05, 4.69) is 0 Å². The van der Waals surface area contributed by atoms with Crippen LogP contribution in [0.3, 0.4) is 0 Å². The number of allylic oxidation sites excluding steroid dienone is 2. The Kier molecular flexibility index (Phi) is 4.56. The van der Waals surface area contributed by atoms with Gasteiger partial charge in [-0.05, 0) is 37.1 Å². The molecule has 0 bridgehead atoms. The van der Waals surface area contributed by atoms with Gasteiger partial charge in [0.1, 0.15) is 11.6 Å². The normalized spacial score (nSPS) is 20.1. The predicted molar refractivity (Wildman–Crippen MR) is 98.5 cm³/mol. The first-order valence-electron chi connectivity index (χ1n) is 8.76. The number of anilines is 1. The summed E-state index contributed by atoms with van der Waals surface area (Å²) in [6.07, 6.45) is 1.19. The van der Waals surface area contributed by atoms with Crippen molar-refractivity contribution in [2.75, 3.05) is 4.90 Å². The lowest BCUT2D eigenvalue weighted by Gasteiger charge is -2.38. The van der Waals surface area contributed by atoms with Gasteiger partial charge in [0.2, 0.25) is 5.91 Å². The van der Waals surface area contributed by atoms with E-state index >= 15 is 0 Å². The number of hydrogen-bond donors (Lipinski definition) is 0. The molecule has 4 rings (SSSR count). The van der Waals surface area contributed by atoms with Crippen LogP contribution >= 0.6 is 11.6 Å². The van der Waals surface area contributed by atoms with E-state index < -0.39 is 17.6 Å². The smallest absolute Gasteiger partial charge is 0.232 e. The van der Waals surface area contributed by atoms with Crippen molar-refractivity contribution < 1.29 is 18.4 Å². The van der Waals surface area contributed by atoms with Gasteiger partial charge in [-0.25, -0.2) is 8.78 Å². The number of para-hydroxylation sites is 1. The summed E-state index contributed by atoms with van der Waals surface area (Å²) < 4.78 is 28.9. The molecule has 3 nitrogen and oxygen atoms in total. The molecule has 27 heavy (non-hydrogen) atoms. The van der Waals surface area contributed by atoms with Crippen molar-refractivity contribution in [1.29, 1.82) is 0 Å². The fraction of sp³-hybridized carbons (Fsp3) is 0.238. The molecule has 0 fully saturated rings. The summed E-state index contributed by atoms with van der Waals surface area (Å²) in [6.45, 7) is 0. The van der Waals surface area contributed by atoms with Gasteiger partial charge in [0.05, 0.1) is 5.69 Å². The van der Waals surface area contributed by atoms with Crippen LogP contribution in [0.15, 0.2) is 53.7 Å². The number of carbonyl (C=O) groups is 2. The third-order valence-electron chi connectivity index (χ3n) is 5.12. The highest BCUT2D eigenvalue weighted by Gasteiger charge is 2.41. The highest BCUT2D eigenvalue weighted by Crippen LogP contribution is 2.45. The number of halogens is 3. The van der Waals surface area contributed by atoms with Crippen molar-refractivity contribution in [3.8, 4) is 0 Å². The van der Waals surface area contributed by atoms with Crippen molar-refractivity contribution in [3.05, 3.63) is 76.0 Å². The van der Waals surface area contributed by atoms with E-state index in [1.54, 1.807) is 12.1 Å². The minimum Gasteiger partial charge on any atom is -0.294 e. The molecule has 138 valence electrons. The van der Waals surface area contributed by atoms with Gasteiger partial charge in [0, 0.05) is 40.6 Å². The number of amides is 1. The fourth-order valence-corrected chi connectivity index (χ4v) is 4.29. The molecule has 1 amide bonds. The molecule has 0 N–H and O–H groups in total. The largest absolute Gasteiger partial charge is 0.294 e. The van der Waals surface area contributed by atoms with Gasteiger partial charge in [-0.2, -0.15) is 0 Å². The summed E-state index contributed by atoms with van der Waals surface area (Å²) in [6, 6.07) is 10.2. The first-order valence-corrected chi connectivity index (χ1v) is 9.14. The lowest BCUT2D eigenvalue weighted by Crippen LogP contribution is -2.41. The molecule has 1 unspecified atom stereocenters. The SMILES string of the molecule is O=C1CCCC2=C1C(c1c(F)cccc1Cl)CC(=O)N2c1ccccc1F. The van der Waals surface area contributed by atoms with E-state index in [1.165, 1.54) is 35.2 Å². The minimum atomic E-state index is -0.753. The Bertz CT molecular complexity index is 966. The second-order valence-electron chi connectivity index (χ2n) is 6.71. The van der Waals surface area contributed by atoms with E-state index in [0.29, 0.717) is 30.5 Å². The molecular weight excluding hydrogens is 372 g/mol. The molecule has 1 aliphatic carbocycles. The van der Waals surface area contributed by atoms with Crippen molar-refractivity contribution in [1.82, 2.24) is 0 Å². The second-order valence-corrected chi connectivity index (χ2v) is 7.12. The maximum Gasteiger partial charge on any atom is 0.232 e. The molecule has 0 spiro atoms. The average molecular weight is 388 g/mol. The number of benzene rings is 2. The van der Waals surface area contributed by atoms with E-state index in [-0.39, 0.29) is 34.4 Å². The topological polar surface area (TPSA) is 37.4 Å². The molecule has 0 saturated heterocycles. The van der Waals surface area contributed by atoms with Gasteiger partial charge in [-0.3, -0.25) is 14.5 Å². The fourth-order valence-electron chi connectivity index (χ4n) is 4.00.